The molecule has 2 aromatic carbocycles. The van der Waals surface area contributed by atoms with Gasteiger partial charge in [-0.2, -0.15) is 0 Å². The van der Waals surface area contributed by atoms with Crippen molar-refractivity contribution in [3.8, 4) is 5.75 Å². The minimum Gasteiger partial charge on any atom is -0.545 e. The van der Waals surface area contributed by atoms with E-state index in [0.29, 0.717) is 17.0 Å². The van der Waals surface area contributed by atoms with E-state index in [1.165, 1.54) is 42.7 Å². The average molecular weight is 405 g/mol. The Bertz CT molecular complexity index is 1070. The number of anilines is 1. The summed E-state index contributed by atoms with van der Waals surface area (Å²) in [7, 11) is 1.54. The first-order chi connectivity index (χ1) is 14.5. The molecule has 0 aliphatic carbocycles. The molecule has 0 aliphatic heterocycles. The van der Waals surface area contributed by atoms with Gasteiger partial charge in [-0.3, -0.25) is 9.59 Å². The molecule has 8 nitrogen and oxygen atoms in total. The van der Waals surface area contributed by atoms with Gasteiger partial charge in [0, 0.05) is 5.69 Å². The molecule has 0 atom stereocenters. The van der Waals surface area contributed by atoms with Gasteiger partial charge >= 0.3 is 0 Å². The van der Waals surface area contributed by atoms with Crippen LogP contribution in [0, 0.1) is 0 Å². The maximum atomic E-state index is 12.8. The molecule has 0 fully saturated rings. The van der Waals surface area contributed by atoms with Crippen LogP contribution < -0.4 is 20.5 Å². The number of furan rings is 1. The van der Waals surface area contributed by atoms with Crippen molar-refractivity contribution in [2.45, 2.75) is 0 Å². The third-order valence-electron chi connectivity index (χ3n) is 4.04. The number of amides is 2. The molecule has 8 heteroatoms. The van der Waals surface area contributed by atoms with Gasteiger partial charge < -0.3 is 29.7 Å². The predicted molar refractivity (Wildman–Crippen MR) is 107 cm³/mol. The van der Waals surface area contributed by atoms with Crippen LogP contribution in [0.3, 0.4) is 0 Å². The predicted octanol–water partition coefficient (Wildman–Crippen LogP) is 2.06. The van der Waals surface area contributed by atoms with Crippen molar-refractivity contribution in [3.05, 3.63) is 89.5 Å². The Kier molecular flexibility index (Phi) is 6.29. The zero-order valence-electron chi connectivity index (χ0n) is 15.9. The number of carbonyl (C=O) groups is 3. The van der Waals surface area contributed by atoms with Crippen LogP contribution in [0.4, 0.5) is 5.69 Å². The number of carbonyl (C=O) groups excluding carboxylic acids is 3. The molecular weight excluding hydrogens is 388 g/mol. The number of carboxylic acids is 1. The standard InChI is InChI=1S/C22H18N2O6/c1-29-17-10-4-14(5-11-17)13-18(24-21(26)19-3-2-12-30-19)20(25)23-16-8-6-15(7-9-16)22(27)28/h2-13H,1H3,(H,23,25)(H,24,26)(H,27,28)/p-1/b18-13+. The first kappa shape index (κ1) is 20.4. The molecule has 0 aliphatic rings. The Morgan fingerprint density at radius 3 is 2.27 bits per heavy atom. The minimum absolute atomic E-state index is 0.0203. The second-order valence-corrected chi connectivity index (χ2v) is 6.08. The summed E-state index contributed by atoms with van der Waals surface area (Å²) >= 11 is 0. The van der Waals surface area contributed by atoms with Crippen LogP contribution in [-0.2, 0) is 4.79 Å². The van der Waals surface area contributed by atoms with Crippen LogP contribution >= 0.6 is 0 Å². The summed E-state index contributed by atoms with van der Waals surface area (Å²) in [5.41, 5.74) is 0.935. The molecule has 0 bridgehead atoms. The average Bonchev–Trinajstić information content (AvgIpc) is 3.29. The van der Waals surface area contributed by atoms with Crippen LogP contribution in [0.1, 0.15) is 26.5 Å². The van der Waals surface area contributed by atoms with Gasteiger partial charge in [0.1, 0.15) is 11.4 Å². The Hall–Kier alpha value is -4.33. The van der Waals surface area contributed by atoms with E-state index in [1.807, 2.05) is 0 Å². The summed E-state index contributed by atoms with van der Waals surface area (Å²) in [5.74, 6) is -1.83. The number of benzene rings is 2. The lowest BCUT2D eigenvalue weighted by molar-refractivity contribution is -0.255. The molecule has 0 spiro atoms. The molecule has 30 heavy (non-hydrogen) atoms. The van der Waals surface area contributed by atoms with Crippen molar-refractivity contribution in [2.75, 3.05) is 12.4 Å². The molecule has 0 saturated carbocycles. The molecule has 0 saturated heterocycles. The summed E-state index contributed by atoms with van der Waals surface area (Å²) in [5, 5.41) is 16.0. The fourth-order valence-electron chi connectivity index (χ4n) is 2.50. The number of rotatable bonds is 7. The van der Waals surface area contributed by atoms with Gasteiger partial charge in [-0.25, -0.2) is 0 Å². The number of carboxylic acid groups (broad SMARTS) is 1. The third kappa shape index (κ3) is 5.14. The van der Waals surface area contributed by atoms with Gasteiger partial charge in [-0.15, -0.1) is 0 Å². The number of ether oxygens (including phenoxy) is 1. The number of hydrogen-bond acceptors (Lipinski definition) is 6. The van der Waals surface area contributed by atoms with Crippen LogP contribution in [0.5, 0.6) is 5.75 Å². The number of hydrogen-bond donors (Lipinski definition) is 2. The van der Waals surface area contributed by atoms with E-state index in [2.05, 4.69) is 10.6 Å². The first-order valence-electron chi connectivity index (χ1n) is 8.79. The minimum atomic E-state index is -1.32. The zero-order valence-corrected chi connectivity index (χ0v) is 15.9. The largest absolute Gasteiger partial charge is 0.545 e. The van der Waals surface area contributed by atoms with Crippen LogP contribution in [0.15, 0.2) is 77.0 Å². The lowest BCUT2D eigenvalue weighted by Gasteiger charge is -2.11. The van der Waals surface area contributed by atoms with E-state index in [4.69, 9.17) is 9.15 Å². The van der Waals surface area contributed by atoms with Gasteiger partial charge in [0.2, 0.25) is 0 Å². The molecule has 3 rings (SSSR count). The fourth-order valence-corrected chi connectivity index (χ4v) is 2.50. The van der Waals surface area contributed by atoms with Crippen LogP contribution in [-0.4, -0.2) is 24.9 Å². The van der Waals surface area contributed by atoms with Gasteiger partial charge in [0.05, 0.1) is 19.3 Å². The van der Waals surface area contributed by atoms with Crippen molar-refractivity contribution in [1.82, 2.24) is 5.32 Å². The summed E-state index contributed by atoms with van der Waals surface area (Å²) in [4.78, 5) is 36.0. The summed E-state index contributed by atoms with van der Waals surface area (Å²) in [6.07, 6.45) is 2.84. The van der Waals surface area contributed by atoms with Crippen LogP contribution in [0.25, 0.3) is 6.08 Å². The van der Waals surface area contributed by atoms with E-state index >= 15 is 0 Å². The second-order valence-electron chi connectivity index (χ2n) is 6.08. The Morgan fingerprint density at radius 1 is 1.00 bits per heavy atom. The molecule has 3 aromatic rings. The molecule has 1 aromatic heterocycles. The SMILES string of the molecule is COc1ccc(/C=C(/NC(=O)c2ccco2)C(=O)Nc2ccc(C(=O)[O-])cc2)cc1. The molecule has 2 amide bonds. The summed E-state index contributed by atoms with van der Waals surface area (Å²) in [6.45, 7) is 0. The van der Waals surface area contributed by atoms with E-state index in [1.54, 1.807) is 37.4 Å². The topological polar surface area (TPSA) is 121 Å². The van der Waals surface area contributed by atoms with Crippen molar-refractivity contribution >= 4 is 29.5 Å². The highest BCUT2D eigenvalue weighted by atomic mass is 16.5. The Labute approximate surface area is 171 Å². The van der Waals surface area contributed by atoms with E-state index in [0.717, 1.165) is 0 Å². The third-order valence-corrected chi connectivity index (χ3v) is 4.04. The molecule has 0 radical (unpaired) electrons. The van der Waals surface area contributed by atoms with Gasteiger partial charge in [-0.1, -0.05) is 24.3 Å². The monoisotopic (exact) mass is 405 g/mol. The van der Waals surface area contributed by atoms with Crippen molar-refractivity contribution in [3.63, 3.8) is 0 Å². The molecular formula is C22H17N2O6-. The van der Waals surface area contributed by atoms with Gasteiger partial charge in [0.25, 0.3) is 11.8 Å². The quantitative estimate of drug-likeness (QED) is 0.581. The Morgan fingerprint density at radius 2 is 1.70 bits per heavy atom. The van der Waals surface area contributed by atoms with Gasteiger partial charge in [0.15, 0.2) is 5.76 Å². The smallest absolute Gasteiger partial charge is 0.291 e. The lowest BCUT2D eigenvalue weighted by atomic mass is 10.1. The zero-order chi connectivity index (χ0) is 21.5. The number of methoxy groups -OCH3 is 1. The molecule has 1 heterocycles. The maximum Gasteiger partial charge on any atom is 0.291 e. The first-order valence-corrected chi connectivity index (χ1v) is 8.79. The highest BCUT2D eigenvalue weighted by molar-refractivity contribution is 6.10. The van der Waals surface area contributed by atoms with Crippen LogP contribution in [0.2, 0.25) is 0 Å². The van der Waals surface area contributed by atoms with E-state index in [-0.39, 0.29) is 17.0 Å². The molecule has 152 valence electrons. The Balaban J connectivity index is 1.84. The normalized spacial score (nSPS) is 10.9. The summed E-state index contributed by atoms with van der Waals surface area (Å²) in [6, 6.07) is 15.4. The highest BCUT2D eigenvalue weighted by Gasteiger charge is 2.16. The van der Waals surface area contributed by atoms with E-state index < -0.39 is 17.8 Å². The van der Waals surface area contributed by atoms with Crippen molar-refractivity contribution < 1.29 is 28.6 Å². The summed E-state index contributed by atoms with van der Waals surface area (Å²) < 4.78 is 10.2. The van der Waals surface area contributed by atoms with E-state index in [9.17, 15) is 19.5 Å². The molecule has 0 unspecified atom stereocenters. The van der Waals surface area contributed by atoms with Gasteiger partial charge in [-0.05, 0) is 53.6 Å². The number of aromatic carboxylic acids is 1. The highest BCUT2D eigenvalue weighted by Crippen LogP contribution is 2.15. The fraction of sp³-hybridized carbons (Fsp3) is 0.0455. The van der Waals surface area contributed by atoms with Crippen molar-refractivity contribution in [2.24, 2.45) is 0 Å². The number of nitrogens with one attached hydrogen (secondary N) is 2. The lowest BCUT2D eigenvalue weighted by Crippen LogP contribution is -2.30. The van der Waals surface area contributed by atoms with Crippen molar-refractivity contribution in [1.29, 1.82) is 0 Å². The maximum absolute atomic E-state index is 12.8. The molecule has 2 N–H and O–H groups in total. The second kappa shape index (κ2) is 9.24.